The average molecular weight is 269 g/mol. The van der Waals surface area contributed by atoms with E-state index in [1.807, 2.05) is 6.92 Å². The fourth-order valence-electron chi connectivity index (χ4n) is 2.16. The van der Waals surface area contributed by atoms with Crippen LogP contribution in [0.25, 0.3) is 0 Å². The Morgan fingerprint density at radius 3 is 3.17 bits per heavy atom. The number of ether oxygens (including phenoxy) is 1. The van der Waals surface area contributed by atoms with Crippen molar-refractivity contribution in [3.05, 3.63) is 11.1 Å². The zero-order chi connectivity index (χ0) is 13.0. The molecule has 0 aromatic carbocycles. The number of rotatable bonds is 5. The van der Waals surface area contributed by atoms with E-state index in [0.29, 0.717) is 6.10 Å². The third-order valence-corrected chi connectivity index (χ3v) is 4.10. The molecule has 102 valence electrons. The third-order valence-electron chi connectivity index (χ3n) is 3.18. The summed E-state index contributed by atoms with van der Waals surface area (Å²) >= 11 is 1.69. The molecule has 5 heteroatoms. The lowest BCUT2D eigenvalue weighted by Crippen LogP contribution is -2.39. The average Bonchev–Trinajstić information content (AvgIpc) is 2.86. The van der Waals surface area contributed by atoms with Gasteiger partial charge in [-0.2, -0.15) is 0 Å². The predicted octanol–water partition coefficient (Wildman–Crippen LogP) is 2.56. The van der Waals surface area contributed by atoms with Gasteiger partial charge in [0.1, 0.15) is 0 Å². The summed E-state index contributed by atoms with van der Waals surface area (Å²) in [5.74, 6) is 0. The fraction of sp³-hybridized carbons (Fsp3) is 0.769. The van der Waals surface area contributed by atoms with Crippen LogP contribution < -0.4 is 10.6 Å². The van der Waals surface area contributed by atoms with E-state index >= 15 is 0 Å². The molecule has 0 spiro atoms. The van der Waals surface area contributed by atoms with Crippen LogP contribution in [0.4, 0.5) is 5.13 Å². The highest BCUT2D eigenvalue weighted by Crippen LogP contribution is 2.26. The summed E-state index contributed by atoms with van der Waals surface area (Å²) in [4.78, 5) is 6.95. The maximum Gasteiger partial charge on any atom is 0.185 e. The molecule has 0 radical (unpaired) electrons. The van der Waals surface area contributed by atoms with Crippen LogP contribution >= 0.6 is 11.3 Å². The quantitative estimate of drug-likeness (QED) is 0.892. The van der Waals surface area contributed by atoms with Gasteiger partial charge in [0.15, 0.2) is 5.13 Å². The van der Waals surface area contributed by atoms with Gasteiger partial charge in [0.25, 0.3) is 0 Å². The Labute approximate surface area is 113 Å². The number of thiazole rings is 1. The Hall–Kier alpha value is -0.650. The smallest absolute Gasteiger partial charge is 0.185 e. The molecule has 1 aliphatic heterocycles. The molecule has 1 aliphatic rings. The first-order chi connectivity index (χ1) is 8.70. The zero-order valence-electron chi connectivity index (χ0n) is 11.3. The Balaban J connectivity index is 1.94. The van der Waals surface area contributed by atoms with Crippen molar-refractivity contribution in [1.82, 2.24) is 4.98 Å². The van der Waals surface area contributed by atoms with Crippen LogP contribution in [0.2, 0.25) is 0 Å². The van der Waals surface area contributed by atoms with Gasteiger partial charge in [0.05, 0.1) is 11.8 Å². The van der Waals surface area contributed by atoms with Crippen LogP contribution in [0.1, 0.15) is 44.8 Å². The first kappa shape index (κ1) is 13.8. The van der Waals surface area contributed by atoms with E-state index in [2.05, 4.69) is 22.2 Å². The van der Waals surface area contributed by atoms with Gasteiger partial charge in [0, 0.05) is 31.1 Å². The number of hydrogen-bond donors (Lipinski definition) is 1. The van der Waals surface area contributed by atoms with Crippen molar-refractivity contribution < 1.29 is 4.74 Å². The van der Waals surface area contributed by atoms with Crippen molar-refractivity contribution in [2.24, 2.45) is 5.73 Å². The second-order valence-corrected chi connectivity index (χ2v) is 5.76. The summed E-state index contributed by atoms with van der Waals surface area (Å²) in [5, 5.41) is 3.16. The van der Waals surface area contributed by atoms with E-state index < -0.39 is 0 Å². The van der Waals surface area contributed by atoms with Crippen LogP contribution in [0, 0.1) is 0 Å². The zero-order valence-corrected chi connectivity index (χ0v) is 12.1. The molecule has 2 N–H and O–H groups in total. The second kappa shape index (κ2) is 6.50. The Morgan fingerprint density at radius 2 is 2.50 bits per heavy atom. The largest absolute Gasteiger partial charge is 0.376 e. The third kappa shape index (κ3) is 3.43. The normalized spacial score (nSPS) is 22.2. The molecule has 2 rings (SSSR count). The molecular formula is C13H23N3OS. The number of nitrogens with two attached hydrogens (primary N) is 1. The molecule has 0 amide bonds. The molecule has 0 bridgehead atoms. The van der Waals surface area contributed by atoms with Gasteiger partial charge in [-0.05, 0) is 26.2 Å². The number of anilines is 1. The number of nitrogens with zero attached hydrogens (tertiary/aromatic N) is 2. The van der Waals surface area contributed by atoms with Gasteiger partial charge in [-0.3, -0.25) is 0 Å². The van der Waals surface area contributed by atoms with E-state index in [1.54, 1.807) is 11.3 Å². The monoisotopic (exact) mass is 269 g/mol. The van der Waals surface area contributed by atoms with Gasteiger partial charge in [-0.15, -0.1) is 11.3 Å². The summed E-state index contributed by atoms with van der Waals surface area (Å²) in [6.45, 7) is 7.03. The Morgan fingerprint density at radius 1 is 1.67 bits per heavy atom. The highest BCUT2D eigenvalue weighted by Gasteiger charge is 2.22. The van der Waals surface area contributed by atoms with Gasteiger partial charge in [-0.1, -0.05) is 6.92 Å². The Kier molecular flexibility index (Phi) is 4.97. The van der Waals surface area contributed by atoms with Crippen molar-refractivity contribution >= 4 is 16.5 Å². The summed E-state index contributed by atoms with van der Waals surface area (Å²) in [6, 6.07) is 0.0203. The van der Waals surface area contributed by atoms with Crippen LogP contribution in [-0.2, 0) is 4.74 Å². The molecule has 2 heterocycles. The molecule has 4 nitrogen and oxygen atoms in total. The number of hydrogen-bond acceptors (Lipinski definition) is 5. The highest BCUT2D eigenvalue weighted by molar-refractivity contribution is 7.13. The minimum atomic E-state index is 0.0203. The van der Waals surface area contributed by atoms with E-state index in [4.69, 9.17) is 10.5 Å². The van der Waals surface area contributed by atoms with Gasteiger partial charge < -0.3 is 15.4 Å². The fourth-order valence-corrected chi connectivity index (χ4v) is 3.13. The van der Waals surface area contributed by atoms with Gasteiger partial charge in [0.2, 0.25) is 0 Å². The summed E-state index contributed by atoms with van der Waals surface area (Å²) in [6.07, 6.45) is 3.80. The number of piperidine rings is 1. The maximum atomic E-state index is 5.85. The lowest BCUT2D eigenvalue weighted by Gasteiger charge is -2.32. The molecule has 1 saturated heterocycles. The van der Waals surface area contributed by atoms with Crippen molar-refractivity contribution in [2.45, 2.75) is 45.3 Å². The summed E-state index contributed by atoms with van der Waals surface area (Å²) in [5.41, 5.74) is 6.84. The lowest BCUT2D eigenvalue weighted by atomic mass is 10.1. The highest BCUT2D eigenvalue weighted by atomic mass is 32.1. The Bertz CT molecular complexity index is 367. The molecule has 0 saturated carbocycles. The van der Waals surface area contributed by atoms with Crippen molar-refractivity contribution in [2.75, 3.05) is 24.6 Å². The van der Waals surface area contributed by atoms with E-state index in [9.17, 15) is 0 Å². The van der Waals surface area contributed by atoms with E-state index in [-0.39, 0.29) is 6.04 Å². The first-order valence-corrected chi connectivity index (χ1v) is 7.66. The standard InChI is InChI=1S/C13H23N3OS/c1-3-7-17-11-5-4-6-16(8-11)13-15-12(9-18-13)10(2)14/h9-11H,3-8,14H2,1-2H3. The predicted molar refractivity (Wildman–Crippen MR) is 76.2 cm³/mol. The first-order valence-electron chi connectivity index (χ1n) is 6.78. The van der Waals surface area contributed by atoms with Gasteiger partial charge >= 0.3 is 0 Å². The summed E-state index contributed by atoms with van der Waals surface area (Å²) < 4.78 is 5.85. The summed E-state index contributed by atoms with van der Waals surface area (Å²) in [7, 11) is 0. The SMILES string of the molecule is CCCOC1CCCN(c2nc(C(C)N)cs2)C1. The molecule has 18 heavy (non-hydrogen) atoms. The van der Waals surface area contributed by atoms with Crippen molar-refractivity contribution in [3.8, 4) is 0 Å². The van der Waals surface area contributed by atoms with E-state index in [0.717, 1.165) is 36.9 Å². The number of aromatic nitrogens is 1. The minimum absolute atomic E-state index is 0.0203. The molecule has 1 fully saturated rings. The van der Waals surface area contributed by atoms with Crippen LogP contribution in [0.15, 0.2) is 5.38 Å². The van der Waals surface area contributed by atoms with Crippen molar-refractivity contribution in [1.29, 1.82) is 0 Å². The van der Waals surface area contributed by atoms with Crippen molar-refractivity contribution in [3.63, 3.8) is 0 Å². The second-order valence-electron chi connectivity index (χ2n) is 4.92. The molecule has 1 aromatic rings. The van der Waals surface area contributed by atoms with Crippen LogP contribution in [0.5, 0.6) is 0 Å². The topological polar surface area (TPSA) is 51.4 Å². The minimum Gasteiger partial charge on any atom is -0.376 e. The molecule has 2 atom stereocenters. The molecule has 1 aromatic heterocycles. The molecule has 0 aliphatic carbocycles. The van der Waals surface area contributed by atoms with Gasteiger partial charge in [-0.25, -0.2) is 4.98 Å². The van der Waals surface area contributed by atoms with Crippen LogP contribution in [0.3, 0.4) is 0 Å². The maximum absolute atomic E-state index is 5.85. The lowest BCUT2D eigenvalue weighted by molar-refractivity contribution is 0.0440. The van der Waals surface area contributed by atoms with Crippen LogP contribution in [-0.4, -0.2) is 30.8 Å². The van der Waals surface area contributed by atoms with E-state index in [1.165, 1.54) is 12.8 Å². The molecule has 2 unspecified atom stereocenters. The molecular weight excluding hydrogens is 246 g/mol.